The fourth-order valence-electron chi connectivity index (χ4n) is 1.97. The number of carbonyl (C=O) groups excluding carboxylic acids is 1. The summed E-state index contributed by atoms with van der Waals surface area (Å²) in [6.07, 6.45) is 5.14. The van der Waals surface area contributed by atoms with Gasteiger partial charge in [-0.2, -0.15) is 0 Å². The lowest BCUT2D eigenvalue weighted by molar-refractivity contribution is -0.121. The normalized spacial score (nSPS) is 20.5. The first kappa shape index (κ1) is 12.3. The van der Waals surface area contributed by atoms with Crippen LogP contribution in [0.25, 0.3) is 0 Å². The molecule has 1 heterocycles. The summed E-state index contributed by atoms with van der Waals surface area (Å²) in [6, 6.07) is 8.12. The van der Waals surface area contributed by atoms with Gasteiger partial charge in [-0.25, -0.2) is 0 Å². The molecular formula is C13H18N2OS. The Morgan fingerprint density at radius 1 is 1.29 bits per heavy atom. The fourth-order valence-corrected chi connectivity index (χ4v) is 2.37. The van der Waals surface area contributed by atoms with Crippen LogP contribution in [0.5, 0.6) is 0 Å². The first-order valence-corrected chi connectivity index (χ1v) is 7.20. The molecule has 1 fully saturated rings. The molecule has 2 N–H and O–H groups in total. The van der Waals surface area contributed by atoms with Crippen LogP contribution >= 0.6 is 11.8 Å². The third-order valence-corrected chi connectivity index (χ3v) is 3.71. The molecule has 92 valence electrons. The molecule has 1 aliphatic heterocycles. The molecule has 3 nitrogen and oxygen atoms in total. The van der Waals surface area contributed by atoms with E-state index in [9.17, 15) is 4.79 Å². The first-order valence-electron chi connectivity index (χ1n) is 5.98. The highest BCUT2D eigenvalue weighted by Crippen LogP contribution is 2.19. The number of thioether (sulfide) groups is 1. The van der Waals surface area contributed by atoms with Gasteiger partial charge < -0.3 is 10.6 Å². The van der Waals surface area contributed by atoms with Gasteiger partial charge in [0, 0.05) is 17.1 Å². The first-order chi connectivity index (χ1) is 8.29. The van der Waals surface area contributed by atoms with Crippen molar-refractivity contribution in [2.75, 3.05) is 18.1 Å². The summed E-state index contributed by atoms with van der Waals surface area (Å²) in [6.45, 7) is 0.808. The highest BCUT2D eigenvalue weighted by molar-refractivity contribution is 7.98. The van der Waals surface area contributed by atoms with Gasteiger partial charge in [-0.1, -0.05) is 0 Å². The van der Waals surface area contributed by atoms with Crippen molar-refractivity contribution >= 4 is 23.4 Å². The fraction of sp³-hybridized carbons (Fsp3) is 0.462. The van der Waals surface area contributed by atoms with Gasteiger partial charge in [-0.15, -0.1) is 11.8 Å². The lowest BCUT2D eigenvalue weighted by atomic mass is 10.1. The van der Waals surface area contributed by atoms with Gasteiger partial charge >= 0.3 is 0 Å². The van der Waals surface area contributed by atoms with E-state index in [1.807, 2.05) is 12.1 Å². The molecule has 1 aromatic carbocycles. The number of hydrogen-bond donors (Lipinski definition) is 2. The van der Waals surface area contributed by atoms with Crippen LogP contribution in [0.2, 0.25) is 0 Å². The van der Waals surface area contributed by atoms with Crippen molar-refractivity contribution < 1.29 is 4.79 Å². The number of nitrogens with one attached hydrogen (secondary N) is 2. The van der Waals surface area contributed by atoms with Crippen LogP contribution in [0.4, 0.5) is 5.69 Å². The molecule has 0 saturated carbocycles. The minimum atomic E-state index is -0.0855. The van der Waals surface area contributed by atoms with E-state index in [2.05, 4.69) is 29.0 Å². The van der Waals surface area contributed by atoms with E-state index in [1.165, 1.54) is 4.90 Å². The molecule has 1 aliphatic rings. The summed E-state index contributed by atoms with van der Waals surface area (Å²) in [5, 5.41) is 6.23. The van der Waals surface area contributed by atoms with Gasteiger partial charge in [-0.3, -0.25) is 4.79 Å². The molecule has 0 aliphatic carbocycles. The summed E-state index contributed by atoms with van der Waals surface area (Å²) in [7, 11) is 0. The molecule has 2 rings (SSSR count). The summed E-state index contributed by atoms with van der Waals surface area (Å²) in [5.74, 6) is 0.122. The molecule has 0 spiro atoms. The number of carbonyl (C=O) groups is 1. The average molecular weight is 250 g/mol. The van der Waals surface area contributed by atoms with Crippen molar-refractivity contribution in [1.29, 1.82) is 0 Å². The monoisotopic (exact) mass is 250 g/mol. The average Bonchev–Trinajstić information content (AvgIpc) is 2.56. The molecule has 0 radical (unpaired) electrons. The third kappa shape index (κ3) is 3.40. The van der Waals surface area contributed by atoms with Gasteiger partial charge in [0.2, 0.25) is 5.91 Å². The molecule has 1 saturated heterocycles. The molecule has 1 unspecified atom stereocenters. The molecule has 0 aromatic heterocycles. The Morgan fingerprint density at radius 3 is 2.76 bits per heavy atom. The third-order valence-electron chi connectivity index (χ3n) is 2.97. The predicted molar refractivity (Wildman–Crippen MR) is 72.5 cm³/mol. The van der Waals surface area contributed by atoms with Crippen LogP contribution < -0.4 is 10.6 Å². The number of benzene rings is 1. The Labute approximate surface area is 106 Å². The smallest absolute Gasteiger partial charge is 0.242 e. The van der Waals surface area contributed by atoms with E-state index in [0.29, 0.717) is 0 Å². The summed E-state index contributed by atoms with van der Waals surface area (Å²) in [5.41, 5.74) is 1.02. The zero-order valence-electron chi connectivity index (χ0n) is 10.0. The largest absolute Gasteiger partial charge is 0.374 e. The minimum Gasteiger partial charge on any atom is -0.374 e. The Hall–Kier alpha value is -1.16. The quantitative estimate of drug-likeness (QED) is 0.810. The van der Waals surface area contributed by atoms with Crippen LogP contribution in [0.3, 0.4) is 0 Å². The van der Waals surface area contributed by atoms with Crippen molar-refractivity contribution in [1.82, 2.24) is 5.32 Å². The van der Waals surface area contributed by atoms with E-state index in [1.54, 1.807) is 11.8 Å². The molecule has 0 bridgehead atoms. The highest BCUT2D eigenvalue weighted by atomic mass is 32.2. The summed E-state index contributed by atoms with van der Waals surface area (Å²) >= 11 is 1.72. The van der Waals surface area contributed by atoms with E-state index in [-0.39, 0.29) is 11.9 Å². The maximum Gasteiger partial charge on any atom is 0.242 e. The molecular weight excluding hydrogens is 232 g/mol. The Balaban J connectivity index is 2.00. The van der Waals surface area contributed by atoms with Crippen molar-refractivity contribution in [3.05, 3.63) is 24.3 Å². The number of anilines is 1. The topological polar surface area (TPSA) is 41.1 Å². The van der Waals surface area contributed by atoms with Crippen molar-refractivity contribution in [2.24, 2.45) is 0 Å². The SMILES string of the molecule is CSc1ccc(NC2CCCCNC2=O)cc1. The second-order valence-corrected chi connectivity index (χ2v) is 5.09. The highest BCUT2D eigenvalue weighted by Gasteiger charge is 2.19. The molecule has 1 amide bonds. The Morgan fingerprint density at radius 2 is 2.06 bits per heavy atom. The number of hydrogen-bond acceptors (Lipinski definition) is 3. The molecule has 1 atom stereocenters. The van der Waals surface area contributed by atoms with Crippen LogP contribution in [0, 0.1) is 0 Å². The van der Waals surface area contributed by atoms with Crippen LogP contribution in [0.15, 0.2) is 29.2 Å². The predicted octanol–water partition coefficient (Wildman–Crippen LogP) is 2.49. The van der Waals surface area contributed by atoms with Crippen LogP contribution in [-0.2, 0) is 4.79 Å². The lowest BCUT2D eigenvalue weighted by Crippen LogP contribution is -2.37. The zero-order valence-corrected chi connectivity index (χ0v) is 10.8. The van der Waals surface area contributed by atoms with Crippen molar-refractivity contribution in [3.8, 4) is 0 Å². The molecule has 1 aromatic rings. The molecule has 17 heavy (non-hydrogen) atoms. The molecule has 4 heteroatoms. The van der Waals surface area contributed by atoms with Gasteiger partial charge in [-0.05, 0) is 49.8 Å². The van der Waals surface area contributed by atoms with Gasteiger partial charge in [0.25, 0.3) is 0 Å². The van der Waals surface area contributed by atoms with Gasteiger partial charge in [0.05, 0.1) is 0 Å². The van der Waals surface area contributed by atoms with Gasteiger partial charge in [0.1, 0.15) is 6.04 Å². The lowest BCUT2D eigenvalue weighted by Gasteiger charge is -2.16. The maximum absolute atomic E-state index is 11.8. The zero-order chi connectivity index (χ0) is 12.1. The second-order valence-electron chi connectivity index (χ2n) is 4.21. The van der Waals surface area contributed by atoms with Crippen molar-refractivity contribution in [2.45, 2.75) is 30.2 Å². The number of amides is 1. The van der Waals surface area contributed by atoms with Crippen LogP contribution in [0.1, 0.15) is 19.3 Å². The second kappa shape index (κ2) is 5.96. The Bertz CT molecular complexity index is 378. The Kier molecular flexibility index (Phi) is 4.31. The van der Waals surface area contributed by atoms with Crippen LogP contribution in [-0.4, -0.2) is 24.7 Å². The van der Waals surface area contributed by atoms with E-state index in [0.717, 1.165) is 31.5 Å². The van der Waals surface area contributed by atoms with E-state index < -0.39 is 0 Å². The maximum atomic E-state index is 11.8. The standard InChI is InChI=1S/C13H18N2OS/c1-17-11-7-5-10(6-8-11)15-12-4-2-3-9-14-13(12)16/h5-8,12,15H,2-4,9H2,1H3,(H,14,16). The van der Waals surface area contributed by atoms with Crippen molar-refractivity contribution in [3.63, 3.8) is 0 Å². The summed E-state index contributed by atoms with van der Waals surface area (Å²) < 4.78 is 0. The number of rotatable bonds is 3. The van der Waals surface area contributed by atoms with Gasteiger partial charge in [0.15, 0.2) is 0 Å². The summed E-state index contributed by atoms with van der Waals surface area (Å²) in [4.78, 5) is 13.0. The van der Waals surface area contributed by atoms with E-state index in [4.69, 9.17) is 0 Å². The van der Waals surface area contributed by atoms with E-state index >= 15 is 0 Å². The minimum absolute atomic E-state index is 0.0855.